The van der Waals surface area contributed by atoms with E-state index in [4.69, 9.17) is 9.47 Å². The van der Waals surface area contributed by atoms with E-state index < -0.39 is 6.04 Å². The van der Waals surface area contributed by atoms with Crippen LogP contribution in [0.3, 0.4) is 0 Å². The fourth-order valence-corrected chi connectivity index (χ4v) is 1.94. The number of benzene rings is 1. The number of carbonyl (C=O) groups excluding carboxylic acids is 2. The predicted octanol–water partition coefficient (Wildman–Crippen LogP) is 2.00. The maximum Gasteiger partial charge on any atom is 0.328 e. The molecule has 0 aromatic heterocycles. The van der Waals surface area contributed by atoms with Crippen molar-refractivity contribution in [2.24, 2.45) is 0 Å². The highest BCUT2D eigenvalue weighted by molar-refractivity contribution is 5.84. The molecule has 1 aromatic rings. The van der Waals surface area contributed by atoms with Gasteiger partial charge in [-0.2, -0.15) is 0 Å². The van der Waals surface area contributed by atoms with E-state index in [1.807, 2.05) is 30.3 Å². The maximum atomic E-state index is 12.3. The third kappa shape index (κ3) is 5.55. The third-order valence-electron chi connectivity index (χ3n) is 3.13. The minimum atomic E-state index is -0.616. The lowest BCUT2D eigenvalue weighted by molar-refractivity contribution is -0.154. The van der Waals surface area contributed by atoms with Crippen LogP contribution in [0.25, 0.3) is 0 Å². The molecular weight excluding hydrogens is 270 g/mol. The van der Waals surface area contributed by atoms with Crippen molar-refractivity contribution >= 4 is 11.9 Å². The molecule has 0 saturated carbocycles. The Morgan fingerprint density at radius 3 is 2.48 bits per heavy atom. The van der Waals surface area contributed by atoms with Crippen LogP contribution >= 0.6 is 0 Å². The predicted molar refractivity (Wildman–Crippen MR) is 79.6 cm³/mol. The lowest BCUT2D eigenvalue weighted by atomic mass is 10.1. The number of esters is 1. The molecule has 1 rings (SSSR count). The van der Waals surface area contributed by atoms with Crippen LogP contribution in [0.4, 0.5) is 0 Å². The lowest BCUT2D eigenvalue weighted by Crippen LogP contribution is -2.43. The van der Waals surface area contributed by atoms with E-state index in [0.717, 1.165) is 5.56 Å². The molecule has 0 radical (unpaired) electrons. The summed E-state index contributed by atoms with van der Waals surface area (Å²) in [6, 6.07) is 8.96. The number of hydrogen-bond donors (Lipinski definition) is 0. The Morgan fingerprint density at radius 2 is 1.90 bits per heavy atom. The van der Waals surface area contributed by atoms with Crippen molar-refractivity contribution in [3.63, 3.8) is 0 Å². The summed E-state index contributed by atoms with van der Waals surface area (Å²) < 4.78 is 9.95. The molecule has 0 spiro atoms. The highest BCUT2D eigenvalue weighted by atomic mass is 16.5. The Labute approximate surface area is 125 Å². The zero-order valence-corrected chi connectivity index (χ0v) is 12.9. The van der Waals surface area contributed by atoms with Gasteiger partial charge in [-0.15, -0.1) is 0 Å². The Kier molecular flexibility index (Phi) is 7.46. The first kappa shape index (κ1) is 17.2. The molecular formula is C16H23NO4. The minimum Gasteiger partial charge on any atom is -0.464 e. The van der Waals surface area contributed by atoms with Gasteiger partial charge in [-0.25, -0.2) is 4.79 Å². The van der Waals surface area contributed by atoms with Crippen LogP contribution in [0.5, 0.6) is 0 Å². The van der Waals surface area contributed by atoms with E-state index in [2.05, 4.69) is 0 Å². The van der Waals surface area contributed by atoms with Crippen molar-refractivity contribution in [1.82, 2.24) is 4.90 Å². The van der Waals surface area contributed by atoms with Gasteiger partial charge in [-0.05, 0) is 19.4 Å². The van der Waals surface area contributed by atoms with Gasteiger partial charge in [0.1, 0.15) is 6.04 Å². The SMILES string of the molecule is CCOC(=O)C(C)N(Cc1ccccc1)C(=O)CCOC. The summed E-state index contributed by atoms with van der Waals surface area (Å²) in [6.07, 6.45) is 0.243. The molecule has 1 unspecified atom stereocenters. The largest absolute Gasteiger partial charge is 0.464 e. The molecule has 0 heterocycles. The number of hydrogen-bond acceptors (Lipinski definition) is 4. The van der Waals surface area contributed by atoms with Crippen LogP contribution < -0.4 is 0 Å². The highest BCUT2D eigenvalue weighted by Gasteiger charge is 2.26. The van der Waals surface area contributed by atoms with E-state index in [0.29, 0.717) is 19.8 Å². The van der Waals surface area contributed by atoms with Crippen LogP contribution in [-0.4, -0.2) is 43.1 Å². The van der Waals surface area contributed by atoms with Crippen LogP contribution in [-0.2, 0) is 25.6 Å². The molecule has 21 heavy (non-hydrogen) atoms. The average Bonchev–Trinajstić information content (AvgIpc) is 2.50. The van der Waals surface area contributed by atoms with E-state index >= 15 is 0 Å². The number of amides is 1. The normalized spacial score (nSPS) is 11.8. The highest BCUT2D eigenvalue weighted by Crippen LogP contribution is 2.11. The molecule has 0 N–H and O–H groups in total. The quantitative estimate of drug-likeness (QED) is 0.688. The topological polar surface area (TPSA) is 55.8 Å². The van der Waals surface area contributed by atoms with Gasteiger partial charge in [0.05, 0.1) is 19.6 Å². The van der Waals surface area contributed by atoms with Gasteiger partial charge in [0.2, 0.25) is 5.91 Å². The molecule has 0 aliphatic heterocycles. The van der Waals surface area contributed by atoms with Gasteiger partial charge in [0.15, 0.2) is 0 Å². The molecule has 1 amide bonds. The van der Waals surface area contributed by atoms with Crippen molar-refractivity contribution in [3.05, 3.63) is 35.9 Å². The second-order valence-electron chi connectivity index (χ2n) is 4.68. The number of carbonyl (C=O) groups is 2. The monoisotopic (exact) mass is 293 g/mol. The molecule has 0 aliphatic rings. The fourth-order valence-electron chi connectivity index (χ4n) is 1.94. The molecule has 0 fully saturated rings. The zero-order valence-electron chi connectivity index (χ0n) is 12.9. The second kappa shape index (κ2) is 9.13. The average molecular weight is 293 g/mol. The minimum absolute atomic E-state index is 0.124. The van der Waals surface area contributed by atoms with Gasteiger partial charge in [-0.1, -0.05) is 30.3 Å². The number of nitrogens with zero attached hydrogens (tertiary/aromatic N) is 1. The van der Waals surface area contributed by atoms with E-state index in [-0.39, 0.29) is 18.3 Å². The van der Waals surface area contributed by atoms with Crippen LogP contribution in [0.2, 0.25) is 0 Å². The Morgan fingerprint density at radius 1 is 1.24 bits per heavy atom. The smallest absolute Gasteiger partial charge is 0.328 e. The zero-order chi connectivity index (χ0) is 15.7. The number of rotatable bonds is 8. The van der Waals surface area contributed by atoms with E-state index in [9.17, 15) is 9.59 Å². The van der Waals surface area contributed by atoms with Crippen molar-refractivity contribution in [2.45, 2.75) is 32.9 Å². The van der Waals surface area contributed by atoms with Crippen LogP contribution in [0.1, 0.15) is 25.8 Å². The molecule has 0 aliphatic carbocycles. The molecule has 116 valence electrons. The molecule has 1 atom stereocenters. The summed E-state index contributed by atoms with van der Waals surface area (Å²) in [6.45, 7) is 4.45. The summed E-state index contributed by atoms with van der Waals surface area (Å²) in [5.41, 5.74) is 0.972. The fraction of sp³-hybridized carbons (Fsp3) is 0.500. The van der Waals surface area contributed by atoms with Gasteiger partial charge < -0.3 is 14.4 Å². The maximum absolute atomic E-state index is 12.3. The molecule has 5 heteroatoms. The number of methoxy groups -OCH3 is 1. The van der Waals surface area contributed by atoms with E-state index in [1.54, 1.807) is 21.0 Å². The Bertz CT molecular complexity index is 447. The van der Waals surface area contributed by atoms with Gasteiger partial charge in [0.25, 0.3) is 0 Å². The molecule has 5 nitrogen and oxygen atoms in total. The van der Waals surface area contributed by atoms with Crippen LogP contribution in [0.15, 0.2) is 30.3 Å². The van der Waals surface area contributed by atoms with E-state index in [1.165, 1.54) is 4.90 Å². The summed E-state index contributed by atoms with van der Waals surface area (Å²) in [5, 5.41) is 0. The van der Waals surface area contributed by atoms with Crippen molar-refractivity contribution in [1.29, 1.82) is 0 Å². The van der Waals surface area contributed by atoms with Crippen molar-refractivity contribution in [3.8, 4) is 0 Å². The summed E-state index contributed by atoms with van der Waals surface area (Å²) in [4.78, 5) is 25.7. The van der Waals surface area contributed by atoms with Gasteiger partial charge >= 0.3 is 5.97 Å². The summed E-state index contributed by atoms with van der Waals surface area (Å²) in [7, 11) is 1.55. The summed E-state index contributed by atoms with van der Waals surface area (Å²) in [5.74, 6) is -0.513. The molecule has 1 aromatic carbocycles. The standard InChI is InChI=1S/C16H23NO4/c1-4-21-16(19)13(2)17(15(18)10-11-20-3)12-14-8-6-5-7-9-14/h5-9,13H,4,10-12H2,1-3H3. The van der Waals surface area contributed by atoms with Crippen LogP contribution in [0, 0.1) is 0 Å². The third-order valence-corrected chi connectivity index (χ3v) is 3.13. The van der Waals surface area contributed by atoms with Gasteiger partial charge in [-0.3, -0.25) is 4.79 Å². The molecule has 0 bridgehead atoms. The first-order valence-corrected chi connectivity index (χ1v) is 7.09. The Balaban J connectivity index is 2.83. The van der Waals surface area contributed by atoms with Gasteiger partial charge in [0, 0.05) is 13.7 Å². The first-order chi connectivity index (χ1) is 10.1. The Hall–Kier alpha value is -1.88. The summed E-state index contributed by atoms with van der Waals surface area (Å²) >= 11 is 0. The van der Waals surface area contributed by atoms with Crippen molar-refractivity contribution < 1.29 is 19.1 Å². The first-order valence-electron chi connectivity index (χ1n) is 7.09. The number of ether oxygens (including phenoxy) is 2. The second-order valence-corrected chi connectivity index (χ2v) is 4.68. The van der Waals surface area contributed by atoms with Crippen molar-refractivity contribution in [2.75, 3.05) is 20.3 Å². The lowest BCUT2D eigenvalue weighted by Gasteiger charge is -2.28. The molecule has 0 saturated heterocycles.